The lowest BCUT2D eigenvalue weighted by Gasteiger charge is -2.31. The van der Waals surface area contributed by atoms with E-state index < -0.39 is 0 Å². The van der Waals surface area contributed by atoms with Crippen LogP contribution in [0, 0.1) is 6.92 Å². The molecule has 0 aliphatic carbocycles. The zero-order valence-electron chi connectivity index (χ0n) is 14.7. The van der Waals surface area contributed by atoms with Gasteiger partial charge in [0.1, 0.15) is 5.82 Å². The molecule has 1 saturated heterocycles. The maximum atomic E-state index is 4.87. The molecule has 1 aliphatic heterocycles. The zero-order valence-corrected chi connectivity index (χ0v) is 17.6. The van der Waals surface area contributed by atoms with Crippen molar-refractivity contribution < 1.29 is 0 Å². The minimum atomic E-state index is 0.797. The highest BCUT2D eigenvalue weighted by Gasteiger charge is 2.19. The fourth-order valence-corrected chi connectivity index (χ4v) is 4.18. The maximum Gasteiger partial charge on any atom is 0.228 e. The van der Waals surface area contributed by atoms with Crippen LogP contribution in [0.5, 0.6) is 0 Å². The van der Waals surface area contributed by atoms with Crippen LogP contribution in [0.1, 0.15) is 10.6 Å². The number of rotatable bonds is 5. The van der Waals surface area contributed by atoms with Crippen molar-refractivity contribution in [3.8, 4) is 0 Å². The summed E-state index contributed by atoms with van der Waals surface area (Å²) in [6.07, 6.45) is 2.85. The number of fused-ring (bicyclic) bond motifs is 1. The SMILES string of the molecule is Cc1cc2c(NCCc3cccs3)nc(N3CCN(I)CC3)nc2cn1. The lowest BCUT2D eigenvalue weighted by atomic mass is 10.2. The number of hydrogen-bond donors (Lipinski definition) is 1. The molecule has 4 rings (SSSR count). The number of aromatic nitrogens is 3. The molecular weight excluding hydrogens is 459 g/mol. The Morgan fingerprint density at radius 1 is 1.23 bits per heavy atom. The smallest absolute Gasteiger partial charge is 0.228 e. The van der Waals surface area contributed by atoms with E-state index in [2.05, 4.69) is 64.8 Å². The largest absolute Gasteiger partial charge is 0.369 e. The van der Waals surface area contributed by atoms with E-state index in [1.165, 1.54) is 4.88 Å². The summed E-state index contributed by atoms with van der Waals surface area (Å²) in [5, 5.41) is 6.69. The van der Waals surface area contributed by atoms with Crippen molar-refractivity contribution in [1.82, 2.24) is 18.1 Å². The van der Waals surface area contributed by atoms with Gasteiger partial charge in [0.25, 0.3) is 0 Å². The van der Waals surface area contributed by atoms with E-state index in [0.29, 0.717) is 0 Å². The molecule has 0 unspecified atom stereocenters. The number of nitrogens with one attached hydrogen (secondary N) is 1. The van der Waals surface area contributed by atoms with Gasteiger partial charge in [0.2, 0.25) is 5.95 Å². The van der Waals surface area contributed by atoms with Crippen LogP contribution in [0.25, 0.3) is 10.9 Å². The number of aryl methyl sites for hydroxylation is 1. The Labute approximate surface area is 171 Å². The van der Waals surface area contributed by atoms with Crippen LogP contribution in [0.3, 0.4) is 0 Å². The summed E-state index contributed by atoms with van der Waals surface area (Å²) >= 11 is 4.17. The summed E-state index contributed by atoms with van der Waals surface area (Å²) in [6.45, 7) is 6.80. The van der Waals surface area contributed by atoms with E-state index in [0.717, 1.165) is 67.5 Å². The first-order chi connectivity index (χ1) is 12.7. The molecule has 4 heterocycles. The Bertz CT molecular complexity index is 877. The highest BCUT2D eigenvalue weighted by Crippen LogP contribution is 2.25. The number of hydrogen-bond acceptors (Lipinski definition) is 7. The average molecular weight is 480 g/mol. The van der Waals surface area contributed by atoms with Gasteiger partial charge in [-0.25, -0.2) is 8.10 Å². The van der Waals surface area contributed by atoms with Crippen molar-refractivity contribution in [2.45, 2.75) is 13.3 Å². The van der Waals surface area contributed by atoms with Gasteiger partial charge in [-0.3, -0.25) is 4.98 Å². The Morgan fingerprint density at radius 2 is 2.08 bits per heavy atom. The highest BCUT2D eigenvalue weighted by molar-refractivity contribution is 14.1. The number of anilines is 2. The van der Waals surface area contributed by atoms with Crippen LogP contribution in [-0.2, 0) is 6.42 Å². The van der Waals surface area contributed by atoms with Crippen molar-refractivity contribution >= 4 is 56.9 Å². The van der Waals surface area contributed by atoms with E-state index >= 15 is 0 Å². The average Bonchev–Trinajstić information content (AvgIpc) is 3.16. The lowest BCUT2D eigenvalue weighted by Crippen LogP contribution is -2.43. The molecule has 6 nitrogen and oxygen atoms in total. The fourth-order valence-electron chi connectivity index (χ4n) is 3.04. The molecule has 0 saturated carbocycles. The van der Waals surface area contributed by atoms with Crippen molar-refractivity contribution in [3.63, 3.8) is 0 Å². The molecule has 0 bridgehead atoms. The second kappa shape index (κ2) is 8.01. The molecule has 8 heteroatoms. The van der Waals surface area contributed by atoms with Crippen LogP contribution in [0.2, 0.25) is 0 Å². The Morgan fingerprint density at radius 3 is 2.85 bits per heavy atom. The summed E-state index contributed by atoms with van der Waals surface area (Å²) in [5.74, 6) is 1.70. The molecule has 3 aromatic rings. The summed E-state index contributed by atoms with van der Waals surface area (Å²) in [4.78, 5) is 17.7. The van der Waals surface area contributed by atoms with E-state index in [-0.39, 0.29) is 0 Å². The maximum absolute atomic E-state index is 4.87. The third kappa shape index (κ3) is 4.07. The molecule has 26 heavy (non-hydrogen) atoms. The summed E-state index contributed by atoms with van der Waals surface area (Å²) < 4.78 is 2.31. The van der Waals surface area contributed by atoms with Crippen molar-refractivity contribution in [2.75, 3.05) is 42.9 Å². The molecule has 1 fully saturated rings. The first kappa shape index (κ1) is 17.9. The highest BCUT2D eigenvalue weighted by atomic mass is 127. The minimum absolute atomic E-state index is 0.797. The molecule has 0 atom stereocenters. The third-order valence-electron chi connectivity index (χ3n) is 4.46. The van der Waals surface area contributed by atoms with E-state index in [1.54, 1.807) is 11.3 Å². The van der Waals surface area contributed by atoms with Crippen LogP contribution in [0.15, 0.2) is 29.8 Å². The predicted molar refractivity (Wildman–Crippen MR) is 116 cm³/mol. The topological polar surface area (TPSA) is 57.2 Å². The number of nitrogens with zero attached hydrogens (tertiary/aromatic N) is 5. The predicted octanol–water partition coefficient (Wildman–Crippen LogP) is 3.52. The van der Waals surface area contributed by atoms with Gasteiger partial charge in [0, 0.05) is 71.5 Å². The molecule has 0 aromatic carbocycles. The Hall–Kier alpha value is -1.52. The molecule has 1 N–H and O–H groups in total. The normalized spacial score (nSPS) is 15.5. The summed E-state index contributed by atoms with van der Waals surface area (Å²) in [7, 11) is 0. The number of thiophene rings is 1. The summed E-state index contributed by atoms with van der Waals surface area (Å²) in [6, 6.07) is 6.34. The first-order valence-corrected chi connectivity index (χ1v) is 10.6. The van der Waals surface area contributed by atoms with Gasteiger partial charge in [0.05, 0.1) is 11.7 Å². The van der Waals surface area contributed by atoms with Crippen LogP contribution in [-0.4, -0.2) is 50.8 Å². The van der Waals surface area contributed by atoms with E-state index in [9.17, 15) is 0 Å². The van der Waals surface area contributed by atoms with Gasteiger partial charge in [0.15, 0.2) is 0 Å². The van der Waals surface area contributed by atoms with Crippen LogP contribution in [0.4, 0.5) is 11.8 Å². The van der Waals surface area contributed by atoms with Gasteiger partial charge in [-0.05, 0) is 30.9 Å². The first-order valence-electron chi connectivity index (χ1n) is 8.75. The quantitative estimate of drug-likeness (QED) is 0.446. The van der Waals surface area contributed by atoms with Crippen molar-refractivity contribution in [1.29, 1.82) is 0 Å². The molecule has 1 aliphatic rings. The second-order valence-corrected chi connectivity index (χ2v) is 8.76. The number of pyridine rings is 1. The summed E-state index contributed by atoms with van der Waals surface area (Å²) in [5.41, 5.74) is 1.88. The van der Waals surface area contributed by atoms with Gasteiger partial charge < -0.3 is 10.2 Å². The number of piperazine rings is 1. The standard InChI is InChI=1S/C18H21IN6S/c1-13-11-15-16(12-21-13)22-18(24-6-8-25(19)9-7-24)23-17(15)20-5-4-14-3-2-10-26-14/h2-3,10-12H,4-9H2,1H3,(H,20,22,23). The Balaban J connectivity index is 1.61. The molecule has 0 amide bonds. The monoisotopic (exact) mass is 480 g/mol. The molecular formula is C18H21IN6S. The fraction of sp³-hybridized carbons (Fsp3) is 0.389. The van der Waals surface area contributed by atoms with Gasteiger partial charge in [-0.15, -0.1) is 11.3 Å². The van der Waals surface area contributed by atoms with Crippen molar-refractivity contribution in [2.24, 2.45) is 0 Å². The molecule has 0 spiro atoms. The van der Waals surface area contributed by atoms with Crippen molar-refractivity contribution in [3.05, 3.63) is 40.3 Å². The van der Waals surface area contributed by atoms with E-state index in [4.69, 9.17) is 9.97 Å². The molecule has 3 aromatic heterocycles. The Kier molecular flexibility index (Phi) is 5.51. The number of halogens is 1. The lowest BCUT2D eigenvalue weighted by molar-refractivity contribution is 0.456. The van der Waals surface area contributed by atoms with Gasteiger partial charge in [-0.2, -0.15) is 4.98 Å². The zero-order chi connectivity index (χ0) is 17.9. The van der Waals surface area contributed by atoms with Gasteiger partial charge in [-0.1, -0.05) is 6.07 Å². The van der Waals surface area contributed by atoms with Crippen LogP contribution >= 0.6 is 34.2 Å². The molecule has 0 radical (unpaired) electrons. The second-order valence-electron chi connectivity index (χ2n) is 6.37. The van der Waals surface area contributed by atoms with Crippen LogP contribution < -0.4 is 10.2 Å². The van der Waals surface area contributed by atoms with E-state index in [1.807, 2.05) is 13.1 Å². The minimum Gasteiger partial charge on any atom is -0.369 e. The van der Waals surface area contributed by atoms with Gasteiger partial charge >= 0.3 is 0 Å². The third-order valence-corrected chi connectivity index (χ3v) is 6.36. The molecule has 136 valence electrons.